The lowest BCUT2D eigenvalue weighted by Crippen LogP contribution is -2.50. The number of carbonyl (C=O) groups excluding carboxylic acids is 2. The summed E-state index contributed by atoms with van der Waals surface area (Å²) in [6.07, 6.45) is -0.393. The van der Waals surface area contributed by atoms with Crippen LogP contribution in [-0.4, -0.2) is 39.4 Å². The molecule has 2 heterocycles. The zero-order chi connectivity index (χ0) is 27.7. The molecule has 2 aliphatic heterocycles. The number of amides is 2. The molecule has 8 nitrogen and oxygen atoms in total. The summed E-state index contributed by atoms with van der Waals surface area (Å²) >= 11 is 0. The van der Waals surface area contributed by atoms with E-state index in [-0.39, 0.29) is 23.3 Å². The minimum atomic E-state index is -3.71. The van der Waals surface area contributed by atoms with Gasteiger partial charge in [-0.25, -0.2) is 8.42 Å². The second-order valence-corrected chi connectivity index (χ2v) is 11.5. The fraction of sp³-hybridized carbons (Fsp3) is 0.161. The molecule has 202 valence electrons. The van der Waals surface area contributed by atoms with Gasteiger partial charge in [0.25, 0.3) is 21.8 Å². The Labute approximate surface area is 232 Å². The zero-order valence-electron chi connectivity index (χ0n) is 21.6. The third-order valence-corrected chi connectivity index (χ3v) is 8.96. The first-order valence-electron chi connectivity index (χ1n) is 13.0. The van der Waals surface area contributed by atoms with E-state index in [1.165, 1.54) is 4.31 Å². The van der Waals surface area contributed by atoms with Crippen LogP contribution < -0.4 is 19.3 Å². The molecule has 6 rings (SSSR count). The van der Waals surface area contributed by atoms with Gasteiger partial charge in [-0.05, 0) is 60.0 Å². The number of nitrogens with one attached hydrogen (secondary N) is 1. The highest BCUT2D eigenvalue weighted by Crippen LogP contribution is 2.37. The van der Waals surface area contributed by atoms with Crippen molar-refractivity contribution in [3.05, 3.63) is 120 Å². The lowest BCUT2D eigenvalue weighted by Gasteiger charge is -2.34. The Hall–Kier alpha value is -4.63. The number of para-hydroxylation sites is 2. The lowest BCUT2D eigenvalue weighted by atomic mass is 10.1. The van der Waals surface area contributed by atoms with Gasteiger partial charge < -0.3 is 15.0 Å². The number of carbonyl (C=O) groups is 2. The van der Waals surface area contributed by atoms with Gasteiger partial charge in [-0.3, -0.25) is 13.9 Å². The highest BCUT2D eigenvalue weighted by molar-refractivity contribution is 7.92. The van der Waals surface area contributed by atoms with Gasteiger partial charge in [0.15, 0.2) is 6.10 Å². The van der Waals surface area contributed by atoms with Gasteiger partial charge in [0.05, 0.1) is 22.8 Å². The Morgan fingerprint density at radius 2 is 1.55 bits per heavy atom. The summed E-state index contributed by atoms with van der Waals surface area (Å²) in [5.41, 5.74) is 3.30. The molecule has 4 aromatic rings. The largest absolute Gasteiger partial charge is 0.477 e. The molecule has 1 atom stereocenters. The van der Waals surface area contributed by atoms with Crippen molar-refractivity contribution in [3.8, 4) is 5.75 Å². The summed E-state index contributed by atoms with van der Waals surface area (Å²) in [5, 5.41) is 2.90. The van der Waals surface area contributed by atoms with Crippen molar-refractivity contribution in [1.29, 1.82) is 0 Å². The van der Waals surface area contributed by atoms with Crippen LogP contribution in [0.2, 0.25) is 0 Å². The lowest BCUT2D eigenvalue weighted by molar-refractivity contribution is -0.128. The van der Waals surface area contributed by atoms with Gasteiger partial charge >= 0.3 is 0 Å². The van der Waals surface area contributed by atoms with Crippen LogP contribution in [0.25, 0.3) is 0 Å². The van der Waals surface area contributed by atoms with Crippen molar-refractivity contribution in [2.75, 3.05) is 22.3 Å². The first-order valence-corrected chi connectivity index (χ1v) is 14.5. The highest BCUT2D eigenvalue weighted by Gasteiger charge is 2.36. The first kappa shape index (κ1) is 25.6. The van der Waals surface area contributed by atoms with Crippen molar-refractivity contribution in [1.82, 2.24) is 5.32 Å². The molecule has 2 amide bonds. The number of benzene rings is 4. The predicted molar refractivity (Wildman–Crippen MR) is 152 cm³/mol. The number of fused-ring (bicyclic) bond motifs is 2. The molecule has 0 bridgehead atoms. The molecule has 0 spiro atoms. The topological polar surface area (TPSA) is 96.0 Å². The van der Waals surface area contributed by atoms with E-state index in [0.717, 1.165) is 11.1 Å². The summed E-state index contributed by atoms with van der Waals surface area (Å²) < 4.78 is 33.9. The van der Waals surface area contributed by atoms with Gasteiger partial charge in [-0.2, -0.15) is 0 Å². The molecular weight excluding hydrogens is 526 g/mol. The quantitative estimate of drug-likeness (QED) is 0.387. The average molecular weight is 554 g/mol. The Bertz CT molecular complexity index is 1680. The molecule has 9 heteroatoms. The number of hydrogen-bond acceptors (Lipinski definition) is 5. The van der Waals surface area contributed by atoms with Gasteiger partial charge in [-0.15, -0.1) is 0 Å². The predicted octanol–water partition coefficient (Wildman–Crippen LogP) is 4.16. The number of ether oxygens (including phenoxy) is 1. The van der Waals surface area contributed by atoms with Crippen LogP contribution in [0.5, 0.6) is 5.75 Å². The standard InChI is InChI=1S/C31H27N3O5S/c35-30(32-20-22-9-3-1-4-10-22)29-21-33(27-13-7-8-14-28(27)39-29)31(36)24-15-16-26-23(19-24)17-18-34(26)40(37,38)25-11-5-2-6-12-25/h1-16,19,29H,17-18,20-21H2,(H,32,35)/t29-/m0/s1. The average Bonchev–Trinajstić information content (AvgIpc) is 3.44. The van der Waals surface area contributed by atoms with Crippen molar-refractivity contribution < 1.29 is 22.7 Å². The zero-order valence-corrected chi connectivity index (χ0v) is 22.4. The molecule has 0 unspecified atom stereocenters. The summed E-state index contributed by atoms with van der Waals surface area (Å²) in [6.45, 7) is 0.693. The molecule has 4 aromatic carbocycles. The number of hydrogen-bond donors (Lipinski definition) is 1. The van der Waals surface area contributed by atoms with E-state index >= 15 is 0 Å². The monoisotopic (exact) mass is 553 g/mol. The molecule has 0 radical (unpaired) electrons. The Kier molecular flexibility index (Phi) is 6.73. The maximum absolute atomic E-state index is 13.8. The van der Waals surface area contributed by atoms with Gasteiger partial charge in [0.1, 0.15) is 5.75 Å². The van der Waals surface area contributed by atoms with Crippen molar-refractivity contribution in [3.63, 3.8) is 0 Å². The smallest absolute Gasteiger partial charge is 0.264 e. The van der Waals surface area contributed by atoms with Gasteiger partial charge in [0.2, 0.25) is 0 Å². The van der Waals surface area contributed by atoms with Crippen LogP contribution in [0, 0.1) is 0 Å². The second kappa shape index (κ2) is 10.5. The van der Waals surface area contributed by atoms with Crippen LogP contribution in [0.3, 0.4) is 0 Å². The Morgan fingerprint density at radius 1 is 0.850 bits per heavy atom. The molecule has 0 saturated carbocycles. The summed E-state index contributed by atoms with van der Waals surface area (Å²) in [5.74, 6) is -0.154. The Balaban J connectivity index is 1.24. The van der Waals surface area contributed by atoms with Crippen molar-refractivity contribution >= 4 is 33.2 Å². The maximum atomic E-state index is 13.8. The van der Waals surface area contributed by atoms with Gasteiger partial charge in [-0.1, -0.05) is 60.7 Å². The minimum Gasteiger partial charge on any atom is -0.477 e. The fourth-order valence-electron chi connectivity index (χ4n) is 5.09. The second-order valence-electron chi connectivity index (χ2n) is 9.68. The van der Waals surface area contributed by atoms with Crippen LogP contribution in [0.1, 0.15) is 21.5 Å². The van der Waals surface area contributed by atoms with Crippen molar-refractivity contribution in [2.24, 2.45) is 0 Å². The maximum Gasteiger partial charge on any atom is 0.264 e. The molecule has 2 aliphatic rings. The molecule has 0 aromatic heterocycles. The molecule has 40 heavy (non-hydrogen) atoms. The summed E-state index contributed by atoms with van der Waals surface area (Å²) in [7, 11) is -3.71. The van der Waals surface area contributed by atoms with Gasteiger partial charge in [0, 0.05) is 18.7 Å². The molecule has 1 N–H and O–H groups in total. The normalized spacial score (nSPS) is 16.1. The van der Waals surface area contributed by atoms with E-state index < -0.39 is 16.1 Å². The van der Waals surface area contributed by atoms with Crippen LogP contribution in [-0.2, 0) is 27.8 Å². The SMILES string of the molecule is O=C(NCc1ccccc1)[C@@H]1CN(C(=O)c2ccc3c(c2)CCN3S(=O)(=O)c2ccccc2)c2ccccc2O1. The first-order chi connectivity index (χ1) is 19.4. The van der Waals surface area contributed by atoms with E-state index in [0.29, 0.717) is 42.2 Å². The van der Waals surface area contributed by atoms with Crippen LogP contribution in [0.15, 0.2) is 108 Å². The van der Waals surface area contributed by atoms with Crippen molar-refractivity contribution in [2.45, 2.75) is 24.0 Å². The number of sulfonamides is 1. The van der Waals surface area contributed by atoms with E-state index in [2.05, 4.69) is 5.32 Å². The van der Waals surface area contributed by atoms with Crippen LogP contribution in [0.4, 0.5) is 11.4 Å². The highest BCUT2D eigenvalue weighted by atomic mass is 32.2. The van der Waals surface area contributed by atoms with E-state index in [4.69, 9.17) is 4.74 Å². The number of anilines is 2. The van der Waals surface area contributed by atoms with Crippen LogP contribution >= 0.6 is 0 Å². The molecule has 0 saturated heterocycles. The number of rotatable bonds is 6. The van der Waals surface area contributed by atoms with E-state index in [1.54, 1.807) is 71.6 Å². The number of nitrogens with zero attached hydrogens (tertiary/aromatic N) is 2. The molecule has 0 fully saturated rings. The summed E-state index contributed by atoms with van der Waals surface area (Å²) in [4.78, 5) is 28.6. The molecule has 0 aliphatic carbocycles. The third kappa shape index (κ3) is 4.80. The molecular formula is C31H27N3O5S. The van der Waals surface area contributed by atoms with E-state index in [1.807, 2.05) is 36.4 Å². The Morgan fingerprint density at radius 3 is 2.33 bits per heavy atom. The minimum absolute atomic E-state index is 0.0437. The fourth-order valence-corrected chi connectivity index (χ4v) is 6.62. The van der Waals surface area contributed by atoms with E-state index in [9.17, 15) is 18.0 Å². The third-order valence-electron chi connectivity index (χ3n) is 7.13. The summed E-state index contributed by atoms with van der Waals surface area (Å²) in [6, 6.07) is 30.1.